The molecule has 0 aliphatic rings. The van der Waals surface area contributed by atoms with Crippen LogP contribution in [-0.2, 0) is 4.74 Å². The number of methoxy groups -OCH3 is 1. The molecule has 0 aliphatic carbocycles. The van der Waals surface area contributed by atoms with Crippen molar-refractivity contribution in [1.29, 1.82) is 0 Å². The molecule has 0 radical (unpaired) electrons. The summed E-state index contributed by atoms with van der Waals surface area (Å²) in [6.45, 7) is 2.00. The van der Waals surface area contributed by atoms with Crippen molar-refractivity contribution in [3.05, 3.63) is 12.1 Å². The smallest absolute Gasteiger partial charge is 0.129 e. The van der Waals surface area contributed by atoms with Crippen molar-refractivity contribution in [1.82, 2.24) is 0 Å². The zero-order chi connectivity index (χ0) is 8.74. The monoisotopic (exact) mass is 156 g/mol. The summed E-state index contributed by atoms with van der Waals surface area (Å²) in [7, 11) is 3.62. The van der Waals surface area contributed by atoms with E-state index in [0.29, 0.717) is 0 Å². The normalized spacial score (nSPS) is 17.0. The molecule has 1 N–H and O–H groups in total. The summed E-state index contributed by atoms with van der Waals surface area (Å²) in [6.07, 6.45) is 3.90. The first-order valence-corrected chi connectivity index (χ1v) is 3.95. The number of allylic oxidation sites excluding steroid dienone is 1. The number of aliphatic hydroxyl groups is 1. The summed E-state index contributed by atoms with van der Waals surface area (Å²) in [5.74, 6) is 2.01. The molecule has 3 heteroatoms. The molecule has 64 valence electrons. The molecule has 0 spiro atoms. The molecule has 0 heterocycles. The van der Waals surface area contributed by atoms with Crippen LogP contribution in [0.4, 0.5) is 0 Å². The van der Waals surface area contributed by atoms with E-state index in [1.165, 1.54) is 0 Å². The molecule has 0 saturated carbocycles. The van der Waals surface area contributed by atoms with Gasteiger partial charge in [0.1, 0.15) is 7.85 Å². The Morgan fingerprint density at radius 1 is 1.64 bits per heavy atom. The Labute approximate surface area is 69.7 Å². The molecule has 0 fully saturated rings. The first-order chi connectivity index (χ1) is 5.18. The second-order valence-electron chi connectivity index (χ2n) is 2.92. The number of aliphatic hydroxyl groups excluding tert-OH is 1. The van der Waals surface area contributed by atoms with Gasteiger partial charge in [0.25, 0.3) is 0 Å². The van der Waals surface area contributed by atoms with Crippen LogP contribution < -0.4 is 0 Å². The van der Waals surface area contributed by atoms with Crippen LogP contribution in [0.3, 0.4) is 0 Å². The number of hydrogen-bond donors (Lipinski definition) is 1. The molecule has 0 rings (SSSR count). The average molecular weight is 156 g/mol. The van der Waals surface area contributed by atoms with Crippen LogP contribution >= 0.6 is 0 Å². The van der Waals surface area contributed by atoms with Crippen LogP contribution in [0.25, 0.3) is 0 Å². The van der Waals surface area contributed by atoms with Crippen molar-refractivity contribution in [2.75, 3.05) is 13.7 Å². The second kappa shape index (κ2) is 5.39. The van der Waals surface area contributed by atoms with Gasteiger partial charge < -0.3 is 9.84 Å². The Bertz CT molecular complexity index is 119. The van der Waals surface area contributed by atoms with E-state index in [2.05, 4.69) is 6.08 Å². The lowest BCUT2D eigenvalue weighted by atomic mass is 9.99. The van der Waals surface area contributed by atoms with Crippen LogP contribution in [0.5, 0.6) is 0 Å². The van der Waals surface area contributed by atoms with Gasteiger partial charge in [0.05, 0.1) is 12.2 Å². The van der Waals surface area contributed by atoms with E-state index in [1.807, 2.05) is 20.7 Å². The Hall–Kier alpha value is -0.275. The van der Waals surface area contributed by atoms with Crippen LogP contribution in [0.1, 0.15) is 19.8 Å². The van der Waals surface area contributed by atoms with Crippen molar-refractivity contribution in [2.24, 2.45) is 0 Å². The first-order valence-electron chi connectivity index (χ1n) is 3.95. The Morgan fingerprint density at radius 2 is 2.27 bits per heavy atom. The predicted octanol–water partition coefficient (Wildman–Crippen LogP) is 0.311. The fourth-order valence-electron chi connectivity index (χ4n) is 0.801. The topological polar surface area (TPSA) is 29.5 Å². The third-order valence-electron chi connectivity index (χ3n) is 1.90. The Kier molecular flexibility index (Phi) is 5.25. The molecule has 2 nitrogen and oxygen atoms in total. The van der Waals surface area contributed by atoms with Gasteiger partial charge in [-0.1, -0.05) is 6.08 Å². The minimum atomic E-state index is -0.362. The van der Waals surface area contributed by atoms with E-state index in [-0.39, 0.29) is 12.2 Å². The van der Waals surface area contributed by atoms with Crippen LogP contribution in [0, 0.1) is 0 Å². The minimum absolute atomic E-state index is 0.0844. The SMILES string of the molecule is B/C=C\CC[C@@](C)(CO)OC. The maximum Gasteiger partial charge on any atom is 0.129 e. The summed E-state index contributed by atoms with van der Waals surface area (Å²) in [6, 6.07) is 0. The molecule has 0 aromatic rings. The lowest BCUT2D eigenvalue weighted by Gasteiger charge is -2.24. The zero-order valence-corrected chi connectivity index (χ0v) is 7.63. The van der Waals surface area contributed by atoms with E-state index in [4.69, 9.17) is 9.84 Å². The molecule has 0 amide bonds. The third-order valence-corrected chi connectivity index (χ3v) is 1.90. The van der Waals surface area contributed by atoms with E-state index < -0.39 is 0 Å². The zero-order valence-electron chi connectivity index (χ0n) is 7.63. The van der Waals surface area contributed by atoms with Crippen molar-refractivity contribution in [2.45, 2.75) is 25.4 Å². The van der Waals surface area contributed by atoms with Gasteiger partial charge in [0, 0.05) is 7.11 Å². The van der Waals surface area contributed by atoms with Crippen molar-refractivity contribution in [3.63, 3.8) is 0 Å². The maximum absolute atomic E-state index is 8.94. The molecule has 0 aromatic heterocycles. The molecule has 1 atom stereocenters. The van der Waals surface area contributed by atoms with E-state index in [1.54, 1.807) is 7.11 Å². The fraction of sp³-hybridized carbons (Fsp3) is 0.750. The molecule has 0 bridgehead atoms. The largest absolute Gasteiger partial charge is 0.393 e. The Balaban J connectivity index is 3.68. The molecule has 0 aromatic carbocycles. The molecule has 0 unspecified atom stereocenters. The molecular weight excluding hydrogens is 139 g/mol. The Morgan fingerprint density at radius 3 is 2.64 bits per heavy atom. The highest BCUT2D eigenvalue weighted by atomic mass is 16.5. The summed E-state index contributed by atoms with van der Waals surface area (Å²) >= 11 is 0. The summed E-state index contributed by atoms with van der Waals surface area (Å²) in [5.41, 5.74) is -0.362. The quantitative estimate of drug-likeness (QED) is 0.580. The van der Waals surface area contributed by atoms with Crippen LogP contribution in [-0.4, -0.2) is 32.3 Å². The maximum atomic E-state index is 8.94. The highest BCUT2D eigenvalue weighted by Gasteiger charge is 2.20. The fourth-order valence-corrected chi connectivity index (χ4v) is 0.801. The van der Waals surface area contributed by atoms with Crippen molar-refractivity contribution in [3.8, 4) is 0 Å². The highest BCUT2D eigenvalue weighted by Crippen LogP contribution is 2.15. The van der Waals surface area contributed by atoms with Crippen molar-refractivity contribution < 1.29 is 9.84 Å². The van der Waals surface area contributed by atoms with Gasteiger partial charge in [0.2, 0.25) is 0 Å². The van der Waals surface area contributed by atoms with Crippen molar-refractivity contribution >= 4 is 7.85 Å². The van der Waals surface area contributed by atoms with Gasteiger partial charge in [-0.25, -0.2) is 0 Å². The van der Waals surface area contributed by atoms with Crippen LogP contribution in [0.15, 0.2) is 12.1 Å². The number of hydrogen-bond acceptors (Lipinski definition) is 2. The van der Waals surface area contributed by atoms with Crippen LogP contribution in [0.2, 0.25) is 0 Å². The van der Waals surface area contributed by atoms with Gasteiger partial charge in [-0.3, -0.25) is 0 Å². The van der Waals surface area contributed by atoms with Gasteiger partial charge in [-0.2, -0.15) is 0 Å². The standard InChI is InChI=1S/C8H17BO2/c1-8(7-10,11-2)5-3-4-6-9/h4,6,10H,3,5,7,9H2,1-2H3/b6-4-/t8-/m0/s1. The predicted molar refractivity (Wildman–Crippen MR) is 49.4 cm³/mol. The third kappa shape index (κ3) is 4.22. The first kappa shape index (κ1) is 10.7. The highest BCUT2D eigenvalue weighted by molar-refractivity contribution is 6.16. The van der Waals surface area contributed by atoms with E-state index >= 15 is 0 Å². The van der Waals surface area contributed by atoms with Gasteiger partial charge in [-0.15, -0.1) is 5.98 Å². The summed E-state index contributed by atoms with van der Waals surface area (Å²) in [4.78, 5) is 0. The van der Waals surface area contributed by atoms with Gasteiger partial charge in [0.15, 0.2) is 0 Å². The molecule has 0 saturated heterocycles. The van der Waals surface area contributed by atoms with E-state index in [9.17, 15) is 0 Å². The summed E-state index contributed by atoms with van der Waals surface area (Å²) < 4.78 is 5.15. The van der Waals surface area contributed by atoms with E-state index in [0.717, 1.165) is 12.8 Å². The second-order valence-corrected chi connectivity index (χ2v) is 2.92. The minimum Gasteiger partial charge on any atom is -0.393 e. The molecule has 11 heavy (non-hydrogen) atoms. The lowest BCUT2D eigenvalue weighted by Crippen LogP contribution is -2.31. The molecular formula is C8H17BO2. The number of ether oxygens (including phenoxy) is 1. The molecule has 0 aliphatic heterocycles. The lowest BCUT2D eigenvalue weighted by molar-refractivity contribution is -0.0424. The van der Waals surface area contributed by atoms with Gasteiger partial charge in [-0.05, 0) is 19.8 Å². The average Bonchev–Trinajstić information content (AvgIpc) is 2.05. The number of rotatable bonds is 5. The van der Waals surface area contributed by atoms with Gasteiger partial charge >= 0.3 is 0 Å². The summed E-state index contributed by atoms with van der Waals surface area (Å²) in [5, 5.41) is 8.94.